The van der Waals surface area contributed by atoms with Gasteiger partial charge in [-0.1, -0.05) is 6.92 Å². The monoisotopic (exact) mass is 389 g/mol. The van der Waals surface area contributed by atoms with Crippen molar-refractivity contribution in [1.82, 2.24) is 9.78 Å². The number of nitrogens with zero attached hydrogens (tertiary/aromatic N) is 2. The Hall–Kier alpha value is -0.860. The molecule has 2 N–H and O–H groups in total. The van der Waals surface area contributed by atoms with Gasteiger partial charge in [-0.25, -0.2) is 13.1 Å². The number of hydrogen-bond donors (Lipinski definition) is 1. The zero-order chi connectivity index (χ0) is 15.2. The second-order valence-electron chi connectivity index (χ2n) is 5.17. The van der Waals surface area contributed by atoms with Crippen molar-refractivity contribution in [2.75, 3.05) is 17.2 Å². The predicted octanol–water partition coefficient (Wildman–Crippen LogP) is 2.88. The van der Waals surface area contributed by atoms with Crippen molar-refractivity contribution in [3.8, 4) is 10.6 Å². The quantitative estimate of drug-likeness (QED) is 0.874. The molecule has 0 spiro atoms. The maximum absolute atomic E-state index is 11.7. The van der Waals surface area contributed by atoms with E-state index in [-0.39, 0.29) is 17.5 Å². The standard InChI is InChI=1S/C13H16BrN3O2S2/c1-2-9-12(10-3-4-11(14)20-10)16-17(13(9)15)8-5-6-21(18,19)7-8/h3-4,8H,2,5-7,15H2,1H3. The van der Waals surface area contributed by atoms with E-state index < -0.39 is 9.84 Å². The second-order valence-corrected chi connectivity index (χ2v) is 9.86. The van der Waals surface area contributed by atoms with Gasteiger partial charge in [0.2, 0.25) is 0 Å². The van der Waals surface area contributed by atoms with E-state index in [4.69, 9.17) is 5.73 Å². The molecular weight excluding hydrogens is 374 g/mol. The van der Waals surface area contributed by atoms with Crippen LogP contribution in [0.15, 0.2) is 15.9 Å². The lowest BCUT2D eigenvalue weighted by Crippen LogP contribution is -2.15. The predicted molar refractivity (Wildman–Crippen MR) is 89.3 cm³/mol. The molecule has 0 radical (unpaired) electrons. The van der Waals surface area contributed by atoms with Crippen LogP contribution in [0.3, 0.4) is 0 Å². The average molecular weight is 390 g/mol. The summed E-state index contributed by atoms with van der Waals surface area (Å²) in [7, 11) is -2.95. The smallest absolute Gasteiger partial charge is 0.152 e. The molecule has 0 amide bonds. The number of thiophene rings is 1. The number of anilines is 1. The average Bonchev–Trinajstić information content (AvgIpc) is 3.07. The summed E-state index contributed by atoms with van der Waals surface area (Å²) in [6, 6.07) is 3.84. The number of aromatic nitrogens is 2. The molecule has 0 aromatic carbocycles. The van der Waals surface area contributed by atoms with Crippen molar-refractivity contribution in [1.29, 1.82) is 0 Å². The Labute approximate surface area is 136 Å². The number of nitrogen functional groups attached to an aromatic ring is 1. The molecule has 21 heavy (non-hydrogen) atoms. The fourth-order valence-corrected chi connectivity index (χ4v) is 5.81. The third-order valence-corrected chi connectivity index (χ3v) is 7.14. The third kappa shape index (κ3) is 2.76. The van der Waals surface area contributed by atoms with Gasteiger partial charge >= 0.3 is 0 Å². The SMILES string of the molecule is CCc1c(-c2ccc(Br)s2)nn(C2CCS(=O)(=O)C2)c1N. The molecule has 1 atom stereocenters. The first-order valence-corrected chi connectivity index (χ1v) is 10.2. The van der Waals surface area contributed by atoms with Crippen molar-refractivity contribution < 1.29 is 8.42 Å². The van der Waals surface area contributed by atoms with Crippen LogP contribution in [-0.4, -0.2) is 29.7 Å². The Morgan fingerprint density at radius 3 is 2.81 bits per heavy atom. The van der Waals surface area contributed by atoms with Crippen LogP contribution in [0, 0.1) is 0 Å². The molecule has 1 aliphatic heterocycles. The van der Waals surface area contributed by atoms with Gasteiger partial charge in [-0.15, -0.1) is 11.3 Å². The summed E-state index contributed by atoms with van der Waals surface area (Å²) in [4.78, 5) is 1.05. The van der Waals surface area contributed by atoms with Gasteiger partial charge in [-0.05, 0) is 40.9 Å². The summed E-state index contributed by atoms with van der Waals surface area (Å²) in [6.07, 6.45) is 1.36. The molecule has 3 heterocycles. The van der Waals surface area contributed by atoms with Gasteiger partial charge in [0.15, 0.2) is 9.84 Å². The molecule has 0 bridgehead atoms. The molecule has 0 aliphatic carbocycles. The van der Waals surface area contributed by atoms with Crippen molar-refractivity contribution in [2.45, 2.75) is 25.8 Å². The maximum atomic E-state index is 11.7. The number of nitrogens with two attached hydrogens (primary N) is 1. The van der Waals surface area contributed by atoms with E-state index in [1.807, 2.05) is 19.1 Å². The summed E-state index contributed by atoms with van der Waals surface area (Å²) < 4.78 is 26.1. The Bertz CT molecular complexity index is 779. The Balaban J connectivity index is 2.06. The number of rotatable bonds is 3. The van der Waals surface area contributed by atoms with E-state index in [1.165, 1.54) is 0 Å². The maximum Gasteiger partial charge on any atom is 0.152 e. The van der Waals surface area contributed by atoms with Gasteiger partial charge < -0.3 is 5.73 Å². The summed E-state index contributed by atoms with van der Waals surface area (Å²) in [5, 5.41) is 4.63. The van der Waals surface area contributed by atoms with Gasteiger partial charge in [0, 0.05) is 5.56 Å². The first-order valence-electron chi connectivity index (χ1n) is 6.74. The Morgan fingerprint density at radius 2 is 2.29 bits per heavy atom. The Morgan fingerprint density at radius 1 is 1.52 bits per heavy atom. The largest absolute Gasteiger partial charge is 0.384 e. The van der Waals surface area contributed by atoms with Crippen molar-refractivity contribution in [3.05, 3.63) is 21.5 Å². The highest BCUT2D eigenvalue weighted by Gasteiger charge is 2.32. The molecular formula is C13H16BrN3O2S2. The van der Waals surface area contributed by atoms with Crippen LogP contribution in [0.4, 0.5) is 5.82 Å². The fraction of sp³-hybridized carbons (Fsp3) is 0.462. The van der Waals surface area contributed by atoms with E-state index in [0.717, 1.165) is 26.3 Å². The van der Waals surface area contributed by atoms with Gasteiger partial charge in [-0.2, -0.15) is 5.10 Å². The summed E-state index contributed by atoms with van der Waals surface area (Å²) in [6.45, 7) is 2.04. The Kier molecular flexibility index (Phi) is 3.87. The molecule has 8 heteroatoms. The highest BCUT2D eigenvalue weighted by Crippen LogP contribution is 2.37. The molecule has 2 aromatic heterocycles. The van der Waals surface area contributed by atoms with Gasteiger partial charge in [0.1, 0.15) is 11.5 Å². The summed E-state index contributed by atoms with van der Waals surface area (Å²) in [5.41, 5.74) is 8.09. The summed E-state index contributed by atoms with van der Waals surface area (Å²) >= 11 is 5.06. The molecule has 1 aliphatic rings. The first-order chi connectivity index (χ1) is 9.91. The number of halogens is 1. The highest BCUT2D eigenvalue weighted by atomic mass is 79.9. The summed E-state index contributed by atoms with van der Waals surface area (Å²) in [5.74, 6) is 0.951. The minimum atomic E-state index is -2.95. The molecule has 1 fully saturated rings. The normalized spacial score (nSPS) is 21.0. The van der Waals surface area contributed by atoms with Crippen LogP contribution >= 0.6 is 27.3 Å². The van der Waals surface area contributed by atoms with Crippen LogP contribution in [0.1, 0.15) is 24.9 Å². The number of hydrogen-bond acceptors (Lipinski definition) is 5. The second kappa shape index (κ2) is 5.40. The van der Waals surface area contributed by atoms with Crippen LogP contribution in [0.5, 0.6) is 0 Å². The molecule has 0 saturated carbocycles. The lowest BCUT2D eigenvalue weighted by Gasteiger charge is -2.10. The van der Waals surface area contributed by atoms with E-state index in [9.17, 15) is 8.42 Å². The van der Waals surface area contributed by atoms with Gasteiger partial charge in [0.05, 0.1) is 26.2 Å². The zero-order valence-electron chi connectivity index (χ0n) is 11.5. The van der Waals surface area contributed by atoms with Crippen molar-refractivity contribution >= 4 is 42.9 Å². The lowest BCUT2D eigenvalue weighted by atomic mass is 10.1. The molecule has 114 valence electrons. The van der Waals surface area contributed by atoms with Crippen LogP contribution < -0.4 is 5.73 Å². The van der Waals surface area contributed by atoms with Gasteiger partial charge in [0.25, 0.3) is 0 Å². The lowest BCUT2D eigenvalue weighted by molar-refractivity contribution is 0.508. The minimum absolute atomic E-state index is 0.135. The molecule has 3 rings (SSSR count). The molecule has 1 unspecified atom stereocenters. The van der Waals surface area contributed by atoms with Crippen molar-refractivity contribution in [2.24, 2.45) is 0 Å². The third-order valence-electron chi connectivity index (χ3n) is 3.76. The van der Waals surface area contributed by atoms with Gasteiger partial charge in [-0.3, -0.25) is 0 Å². The number of sulfone groups is 1. The minimum Gasteiger partial charge on any atom is -0.384 e. The van der Waals surface area contributed by atoms with Crippen LogP contribution in [-0.2, 0) is 16.3 Å². The first kappa shape index (κ1) is 15.1. The molecule has 2 aromatic rings. The molecule has 5 nitrogen and oxygen atoms in total. The highest BCUT2D eigenvalue weighted by molar-refractivity contribution is 9.11. The fourth-order valence-electron chi connectivity index (χ4n) is 2.72. The van der Waals surface area contributed by atoms with Crippen LogP contribution in [0.2, 0.25) is 0 Å². The molecule has 1 saturated heterocycles. The van der Waals surface area contributed by atoms with Crippen molar-refractivity contribution in [3.63, 3.8) is 0 Å². The topological polar surface area (TPSA) is 78.0 Å². The zero-order valence-corrected chi connectivity index (χ0v) is 14.8. The van der Waals surface area contributed by atoms with Crippen LogP contribution in [0.25, 0.3) is 10.6 Å². The van der Waals surface area contributed by atoms with E-state index in [1.54, 1.807) is 16.0 Å². The van der Waals surface area contributed by atoms with E-state index in [0.29, 0.717) is 12.2 Å². The van der Waals surface area contributed by atoms with E-state index in [2.05, 4.69) is 21.0 Å². The van der Waals surface area contributed by atoms with E-state index >= 15 is 0 Å².